The van der Waals surface area contributed by atoms with E-state index in [9.17, 15) is 4.79 Å². The predicted molar refractivity (Wildman–Crippen MR) is 104 cm³/mol. The molecule has 2 atom stereocenters. The lowest BCUT2D eigenvalue weighted by molar-refractivity contribution is -0.118. The van der Waals surface area contributed by atoms with Crippen LogP contribution in [0.15, 0.2) is 60.9 Å². The summed E-state index contributed by atoms with van der Waals surface area (Å²) in [6.45, 7) is 4.21. The van der Waals surface area contributed by atoms with Crippen molar-refractivity contribution in [1.82, 2.24) is 9.78 Å². The smallest absolute Gasteiger partial charge is 0.139 e. The van der Waals surface area contributed by atoms with Gasteiger partial charge >= 0.3 is 0 Å². The molecule has 1 aliphatic heterocycles. The molecule has 0 unspecified atom stereocenters. The van der Waals surface area contributed by atoms with Gasteiger partial charge in [-0.25, -0.2) is 0 Å². The lowest BCUT2D eigenvalue weighted by atomic mass is 10.00. The highest BCUT2D eigenvalue weighted by molar-refractivity contribution is 5.89. The number of rotatable bonds is 3. The molecule has 4 rings (SSSR count). The van der Waals surface area contributed by atoms with Crippen molar-refractivity contribution in [2.45, 2.75) is 38.8 Å². The summed E-state index contributed by atoms with van der Waals surface area (Å²) in [6.07, 6.45) is 5.06. The molecule has 1 aromatic heterocycles. The lowest BCUT2D eigenvalue weighted by Gasteiger charge is -2.16. The minimum absolute atomic E-state index is 0.142. The highest BCUT2D eigenvalue weighted by Gasteiger charge is 2.21. The van der Waals surface area contributed by atoms with Gasteiger partial charge < -0.3 is 5.32 Å². The number of nitrogens with zero attached hydrogens (tertiary/aromatic N) is 2. The quantitative estimate of drug-likeness (QED) is 0.761. The second kappa shape index (κ2) is 6.79. The van der Waals surface area contributed by atoms with Crippen molar-refractivity contribution in [3.63, 3.8) is 0 Å². The van der Waals surface area contributed by atoms with E-state index >= 15 is 0 Å². The van der Waals surface area contributed by atoms with Crippen molar-refractivity contribution < 1.29 is 4.79 Å². The fourth-order valence-electron chi connectivity index (χ4n) is 3.66. The van der Waals surface area contributed by atoms with Gasteiger partial charge in [0.1, 0.15) is 5.78 Å². The molecule has 0 spiro atoms. The first-order valence-electron chi connectivity index (χ1n) is 9.11. The molecule has 0 fully saturated rings. The molecular formula is C22H23N3O. The Labute approximate surface area is 153 Å². The first-order valence-corrected chi connectivity index (χ1v) is 9.11. The molecule has 0 aliphatic carbocycles. The molecule has 0 radical (unpaired) electrons. The summed E-state index contributed by atoms with van der Waals surface area (Å²) in [5.41, 5.74) is 5.54. The maximum Gasteiger partial charge on any atom is 0.139 e. The van der Waals surface area contributed by atoms with Gasteiger partial charge in [0.2, 0.25) is 0 Å². The third-order valence-electron chi connectivity index (χ3n) is 5.05. The van der Waals surface area contributed by atoms with Crippen molar-refractivity contribution >= 4 is 11.5 Å². The van der Waals surface area contributed by atoms with Gasteiger partial charge in [-0.15, -0.1) is 0 Å². The van der Waals surface area contributed by atoms with Crippen LogP contribution in [0.25, 0.3) is 11.1 Å². The first kappa shape index (κ1) is 16.6. The molecule has 2 heterocycles. The van der Waals surface area contributed by atoms with Gasteiger partial charge in [-0.3, -0.25) is 9.48 Å². The van der Waals surface area contributed by atoms with Crippen molar-refractivity contribution in [2.24, 2.45) is 0 Å². The molecule has 0 amide bonds. The summed E-state index contributed by atoms with van der Waals surface area (Å²) in [4.78, 5) is 12.1. The number of hydrogen-bond donors (Lipinski definition) is 1. The van der Waals surface area contributed by atoms with Crippen LogP contribution in [-0.4, -0.2) is 21.6 Å². The number of Topliss-reactive ketones (excluding diaryl/α,β-unsaturated/α-hetero) is 1. The highest BCUT2D eigenvalue weighted by Crippen LogP contribution is 2.34. The zero-order valence-corrected chi connectivity index (χ0v) is 15.1. The molecule has 132 valence electrons. The summed E-state index contributed by atoms with van der Waals surface area (Å²) >= 11 is 0. The summed E-state index contributed by atoms with van der Waals surface area (Å²) in [5.74, 6) is 0.286. The third kappa shape index (κ3) is 3.15. The second-order valence-electron chi connectivity index (χ2n) is 7.10. The molecule has 1 N–H and O–H groups in total. The van der Waals surface area contributed by atoms with Crippen LogP contribution in [-0.2, 0) is 11.2 Å². The van der Waals surface area contributed by atoms with E-state index < -0.39 is 0 Å². The number of fused-ring (bicyclic) bond motifs is 1. The van der Waals surface area contributed by atoms with Gasteiger partial charge in [-0.1, -0.05) is 48.5 Å². The van der Waals surface area contributed by atoms with Crippen LogP contribution in [0, 0.1) is 0 Å². The molecule has 0 bridgehead atoms. The monoisotopic (exact) mass is 345 g/mol. The van der Waals surface area contributed by atoms with Crippen LogP contribution in [0.1, 0.15) is 37.4 Å². The number of hydrogen-bond acceptors (Lipinski definition) is 3. The summed E-state index contributed by atoms with van der Waals surface area (Å²) < 4.78 is 2.00. The zero-order chi connectivity index (χ0) is 18.1. The van der Waals surface area contributed by atoms with Gasteiger partial charge in [0.15, 0.2) is 0 Å². The fraction of sp³-hybridized carbons (Fsp3) is 0.273. The van der Waals surface area contributed by atoms with Gasteiger partial charge in [-0.05, 0) is 25.0 Å². The minimum atomic E-state index is 0.142. The molecule has 3 aromatic rings. The summed E-state index contributed by atoms with van der Waals surface area (Å²) in [7, 11) is 0. The molecule has 2 aromatic carbocycles. The SMILES string of the molecule is C[C@@H]1CC(=O)Cc2cccc(-c3cnn([C@H](C)c4ccccc4)c3)c2N1. The number of nitrogens with one attached hydrogen (secondary N) is 1. The number of carbonyl (C=O) groups excluding carboxylic acids is 1. The van der Waals surface area contributed by atoms with Gasteiger partial charge in [0, 0.05) is 41.9 Å². The Morgan fingerprint density at radius 3 is 2.77 bits per heavy atom. The molecule has 1 aliphatic rings. The highest BCUT2D eigenvalue weighted by atomic mass is 16.1. The largest absolute Gasteiger partial charge is 0.381 e. The minimum Gasteiger partial charge on any atom is -0.381 e. The van der Waals surface area contributed by atoms with Gasteiger partial charge in [0.25, 0.3) is 0 Å². The maximum atomic E-state index is 12.1. The van der Waals surface area contributed by atoms with E-state index in [0.29, 0.717) is 12.8 Å². The van der Waals surface area contributed by atoms with Crippen LogP contribution in [0.4, 0.5) is 5.69 Å². The summed E-state index contributed by atoms with van der Waals surface area (Å²) in [6, 6.07) is 16.8. The van der Waals surface area contributed by atoms with Crippen LogP contribution >= 0.6 is 0 Å². The van der Waals surface area contributed by atoms with Crippen LogP contribution < -0.4 is 5.32 Å². The van der Waals surface area contributed by atoms with Gasteiger partial charge in [-0.2, -0.15) is 5.10 Å². The maximum absolute atomic E-state index is 12.1. The average molecular weight is 345 g/mol. The topological polar surface area (TPSA) is 46.9 Å². The second-order valence-corrected chi connectivity index (χ2v) is 7.10. The standard InChI is InChI=1S/C22H23N3O/c1-15-11-20(26)12-18-9-6-10-21(22(18)24-15)19-13-23-25(14-19)16(2)17-7-4-3-5-8-17/h3-10,13-16,24H,11-12H2,1-2H3/t15-,16-/m1/s1. The normalized spacial score (nSPS) is 17.9. The van der Waals surface area contributed by atoms with Crippen molar-refractivity contribution in [3.05, 3.63) is 72.1 Å². The van der Waals surface area contributed by atoms with E-state index in [4.69, 9.17) is 0 Å². The molecule has 26 heavy (non-hydrogen) atoms. The summed E-state index contributed by atoms with van der Waals surface area (Å²) in [5, 5.41) is 8.13. The Bertz CT molecular complexity index is 930. The number of ketones is 1. The lowest BCUT2D eigenvalue weighted by Crippen LogP contribution is -2.17. The Morgan fingerprint density at radius 2 is 1.96 bits per heavy atom. The number of benzene rings is 2. The Kier molecular flexibility index (Phi) is 4.33. The average Bonchev–Trinajstić information content (AvgIpc) is 3.07. The van der Waals surface area contributed by atoms with Crippen LogP contribution in [0.3, 0.4) is 0 Å². The Morgan fingerprint density at radius 1 is 1.15 bits per heavy atom. The number of anilines is 1. The molecule has 0 saturated carbocycles. The Balaban J connectivity index is 1.71. The van der Waals surface area contributed by atoms with E-state index in [1.165, 1.54) is 5.56 Å². The Hall–Kier alpha value is -2.88. The number of aromatic nitrogens is 2. The van der Waals surface area contributed by atoms with E-state index in [-0.39, 0.29) is 17.9 Å². The molecule has 4 heteroatoms. The van der Waals surface area contributed by atoms with Crippen molar-refractivity contribution in [1.29, 1.82) is 0 Å². The fourth-order valence-corrected chi connectivity index (χ4v) is 3.66. The van der Waals surface area contributed by atoms with Crippen LogP contribution in [0.5, 0.6) is 0 Å². The zero-order valence-electron chi connectivity index (χ0n) is 15.1. The third-order valence-corrected chi connectivity index (χ3v) is 5.05. The number of carbonyl (C=O) groups is 1. The van der Waals surface area contributed by atoms with Crippen molar-refractivity contribution in [3.8, 4) is 11.1 Å². The first-order chi connectivity index (χ1) is 12.6. The van der Waals surface area contributed by atoms with Crippen molar-refractivity contribution in [2.75, 3.05) is 5.32 Å². The molecule has 4 nitrogen and oxygen atoms in total. The van der Waals surface area contributed by atoms with E-state index in [1.54, 1.807) is 0 Å². The van der Waals surface area contributed by atoms with Crippen LogP contribution in [0.2, 0.25) is 0 Å². The van der Waals surface area contributed by atoms with E-state index in [0.717, 1.165) is 22.4 Å². The van der Waals surface area contributed by atoms with E-state index in [2.05, 4.69) is 60.8 Å². The molecule has 0 saturated heterocycles. The number of para-hydroxylation sites is 1. The molecular weight excluding hydrogens is 322 g/mol. The predicted octanol–water partition coefficient (Wildman–Crippen LogP) is 4.48. The van der Waals surface area contributed by atoms with E-state index in [1.807, 2.05) is 29.1 Å². The van der Waals surface area contributed by atoms with Gasteiger partial charge in [0.05, 0.1) is 12.2 Å².